The fraction of sp³-hybridized carbons (Fsp3) is 0.182. The standard InChI is InChI=1S/C11H11Cl2N3/c1-7-8(5-14)6-16(15-7)10-4-2-3-9(12)11(10)13/h2-4,6H,5,14H2,1H3. The van der Waals surface area contributed by atoms with Crippen molar-refractivity contribution in [2.45, 2.75) is 13.5 Å². The zero-order valence-electron chi connectivity index (χ0n) is 8.74. The van der Waals surface area contributed by atoms with Gasteiger partial charge in [0.1, 0.15) is 0 Å². The number of nitrogens with two attached hydrogens (primary N) is 1. The third kappa shape index (κ3) is 1.94. The van der Waals surface area contributed by atoms with Gasteiger partial charge >= 0.3 is 0 Å². The third-order valence-corrected chi connectivity index (χ3v) is 3.21. The van der Waals surface area contributed by atoms with Crippen molar-refractivity contribution in [1.82, 2.24) is 9.78 Å². The van der Waals surface area contributed by atoms with Crippen LogP contribution in [-0.4, -0.2) is 9.78 Å². The van der Waals surface area contributed by atoms with Crippen LogP contribution in [0.4, 0.5) is 0 Å². The van der Waals surface area contributed by atoms with Crippen LogP contribution in [0.1, 0.15) is 11.3 Å². The Bertz CT molecular complexity index is 520. The first-order chi connectivity index (χ1) is 7.63. The Morgan fingerprint density at radius 2 is 2.12 bits per heavy atom. The third-order valence-electron chi connectivity index (χ3n) is 2.40. The Balaban J connectivity index is 2.54. The summed E-state index contributed by atoms with van der Waals surface area (Å²) in [4.78, 5) is 0. The van der Waals surface area contributed by atoms with Crippen molar-refractivity contribution in [2.75, 3.05) is 0 Å². The van der Waals surface area contributed by atoms with Crippen LogP contribution in [0, 0.1) is 6.92 Å². The molecule has 0 saturated heterocycles. The van der Waals surface area contributed by atoms with Gasteiger partial charge in [-0.1, -0.05) is 29.3 Å². The predicted molar refractivity (Wildman–Crippen MR) is 66.2 cm³/mol. The van der Waals surface area contributed by atoms with Crippen LogP contribution in [-0.2, 0) is 6.54 Å². The maximum Gasteiger partial charge on any atom is 0.0849 e. The molecule has 1 heterocycles. The Kier molecular flexibility index (Phi) is 3.19. The van der Waals surface area contributed by atoms with Crippen LogP contribution < -0.4 is 5.73 Å². The Labute approximate surface area is 104 Å². The topological polar surface area (TPSA) is 43.8 Å². The van der Waals surface area contributed by atoms with E-state index in [1.54, 1.807) is 10.7 Å². The minimum Gasteiger partial charge on any atom is -0.326 e. The molecule has 0 aliphatic rings. The number of aryl methyl sites for hydroxylation is 1. The quantitative estimate of drug-likeness (QED) is 0.897. The molecule has 0 fully saturated rings. The van der Waals surface area contributed by atoms with E-state index < -0.39 is 0 Å². The molecule has 0 aliphatic carbocycles. The second kappa shape index (κ2) is 4.45. The number of aromatic nitrogens is 2. The molecule has 0 bridgehead atoms. The van der Waals surface area contributed by atoms with E-state index in [1.807, 2.05) is 25.3 Å². The number of nitrogens with zero attached hydrogens (tertiary/aromatic N) is 2. The summed E-state index contributed by atoms with van der Waals surface area (Å²) in [5, 5.41) is 5.36. The lowest BCUT2D eigenvalue weighted by Crippen LogP contribution is -1.96. The zero-order chi connectivity index (χ0) is 11.7. The first kappa shape index (κ1) is 11.5. The molecule has 2 N–H and O–H groups in total. The normalized spacial score (nSPS) is 10.8. The summed E-state index contributed by atoms with van der Waals surface area (Å²) >= 11 is 12.1. The SMILES string of the molecule is Cc1nn(-c2cccc(Cl)c2Cl)cc1CN. The van der Waals surface area contributed by atoms with Crippen molar-refractivity contribution in [3.63, 3.8) is 0 Å². The average Bonchev–Trinajstić information content (AvgIpc) is 2.63. The molecular weight excluding hydrogens is 245 g/mol. The van der Waals surface area contributed by atoms with Crippen LogP contribution >= 0.6 is 23.2 Å². The largest absolute Gasteiger partial charge is 0.326 e. The molecule has 3 nitrogen and oxygen atoms in total. The van der Waals surface area contributed by atoms with Gasteiger partial charge in [0, 0.05) is 18.3 Å². The molecule has 0 radical (unpaired) electrons. The summed E-state index contributed by atoms with van der Waals surface area (Å²) in [5.41, 5.74) is 8.26. The van der Waals surface area contributed by atoms with Crippen LogP contribution in [0.15, 0.2) is 24.4 Å². The Morgan fingerprint density at radius 3 is 2.75 bits per heavy atom. The highest BCUT2D eigenvalue weighted by atomic mass is 35.5. The van der Waals surface area contributed by atoms with Crippen molar-refractivity contribution >= 4 is 23.2 Å². The van der Waals surface area contributed by atoms with E-state index in [0.717, 1.165) is 16.9 Å². The van der Waals surface area contributed by atoms with Crippen LogP contribution in [0.25, 0.3) is 5.69 Å². The highest BCUT2D eigenvalue weighted by molar-refractivity contribution is 6.43. The monoisotopic (exact) mass is 255 g/mol. The van der Waals surface area contributed by atoms with Crippen LogP contribution in [0.5, 0.6) is 0 Å². The van der Waals surface area contributed by atoms with Gasteiger partial charge in [-0.25, -0.2) is 4.68 Å². The zero-order valence-corrected chi connectivity index (χ0v) is 10.3. The number of halogens is 2. The van der Waals surface area contributed by atoms with E-state index in [1.165, 1.54) is 0 Å². The van der Waals surface area contributed by atoms with Crippen molar-refractivity contribution in [3.8, 4) is 5.69 Å². The van der Waals surface area contributed by atoms with E-state index in [-0.39, 0.29) is 0 Å². The van der Waals surface area contributed by atoms with Gasteiger partial charge in [-0.15, -0.1) is 0 Å². The van der Waals surface area contributed by atoms with E-state index in [2.05, 4.69) is 5.10 Å². The summed E-state index contributed by atoms with van der Waals surface area (Å²) < 4.78 is 1.70. The number of benzene rings is 1. The molecule has 84 valence electrons. The van der Waals surface area contributed by atoms with Gasteiger partial charge in [-0.2, -0.15) is 5.10 Å². The van der Waals surface area contributed by atoms with Gasteiger partial charge in [-0.05, 0) is 19.1 Å². The Morgan fingerprint density at radius 1 is 1.38 bits per heavy atom. The lowest BCUT2D eigenvalue weighted by atomic mass is 10.3. The summed E-state index contributed by atoms with van der Waals surface area (Å²) in [5.74, 6) is 0. The molecule has 2 aromatic rings. The molecule has 1 aromatic heterocycles. The van der Waals surface area contributed by atoms with Crippen molar-refractivity contribution in [1.29, 1.82) is 0 Å². The molecule has 0 atom stereocenters. The molecule has 0 spiro atoms. The Hall–Kier alpha value is -1.03. The fourth-order valence-corrected chi connectivity index (χ4v) is 1.87. The number of rotatable bonds is 2. The summed E-state index contributed by atoms with van der Waals surface area (Å²) in [6.07, 6.45) is 1.87. The molecule has 2 rings (SSSR count). The summed E-state index contributed by atoms with van der Waals surface area (Å²) in [6.45, 7) is 2.38. The maximum atomic E-state index is 6.11. The van der Waals surface area contributed by atoms with Crippen molar-refractivity contribution in [3.05, 3.63) is 45.7 Å². The second-order valence-corrected chi connectivity index (χ2v) is 4.25. The van der Waals surface area contributed by atoms with E-state index in [0.29, 0.717) is 16.6 Å². The van der Waals surface area contributed by atoms with E-state index >= 15 is 0 Å². The van der Waals surface area contributed by atoms with Crippen molar-refractivity contribution in [2.24, 2.45) is 5.73 Å². The van der Waals surface area contributed by atoms with Gasteiger partial charge < -0.3 is 5.73 Å². The molecule has 5 heteroatoms. The smallest absolute Gasteiger partial charge is 0.0849 e. The molecule has 0 aliphatic heterocycles. The number of hydrogen-bond donors (Lipinski definition) is 1. The van der Waals surface area contributed by atoms with Gasteiger partial charge in [-0.3, -0.25) is 0 Å². The van der Waals surface area contributed by atoms with E-state index in [9.17, 15) is 0 Å². The highest BCUT2D eigenvalue weighted by Gasteiger charge is 2.09. The minimum atomic E-state index is 0.462. The van der Waals surface area contributed by atoms with Crippen molar-refractivity contribution < 1.29 is 0 Å². The van der Waals surface area contributed by atoms with E-state index in [4.69, 9.17) is 28.9 Å². The van der Waals surface area contributed by atoms with Crippen LogP contribution in [0.3, 0.4) is 0 Å². The first-order valence-electron chi connectivity index (χ1n) is 4.83. The average molecular weight is 256 g/mol. The number of hydrogen-bond acceptors (Lipinski definition) is 2. The van der Waals surface area contributed by atoms with Gasteiger partial charge in [0.15, 0.2) is 0 Å². The van der Waals surface area contributed by atoms with Gasteiger partial charge in [0.05, 0.1) is 21.4 Å². The molecule has 0 amide bonds. The molecule has 1 aromatic carbocycles. The minimum absolute atomic E-state index is 0.462. The molecule has 0 saturated carbocycles. The summed E-state index contributed by atoms with van der Waals surface area (Å²) in [7, 11) is 0. The van der Waals surface area contributed by atoms with Crippen LogP contribution in [0.2, 0.25) is 10.0 Å². The van der Waals surface area contributed by atoms with Gasteiger partial charge in [0.2, 0.25) is 0 Å². The lowest BCUT2D eigenvalue weighted by Gasteiger charge is -2.04. The predicted octanol–water partition coefficient (Wildman–Crippen LogP) is 2.95. The fourth-order valence-electron chi connectivity index (χ4n) is 1.49. The molecule has 0 unspecified atom stereocenters. The first-order valence-corrected chi connectivity index (χ1v) is 5.58. The van der Waals surface area contributed by atoms with Gasteiger partial charge in [0.25, 0.3) is 0 Å². The lowest BCUT2D eigenvalue weighted by molar-refractivity contribution is 0.863. The maximum absolute atomic E-state index is 6.11. The molecular formula is C11H11Cl2N3. The second-order valence-electron chi connectivity index (χ2n) is 3.46. The highest BCUT2D eigenvalue weighted by Crippen LogP contribution is 2.28. The summed E-state index contributed by atoms with van der Waals surface area (Å²) in [6, 6.07) is 5.44. The molecule has 16 heavy (non-hydrogen) atoms.